The molecule has 24 heavy (non-hydrogen) atoms. The third kappa shape index (κ3) is 3.14. The van der Waals surface area contributed by atoms with Gasteiger partial charge in [-0.25, -0.2) is 0 Å². The van der Waals surface area contributed by atoms with E-state index in [0.29, 0.717) is 0 Å². The van der Waals surface area contributed by atoms with E-state index in [9.17, 15) is 4.79 Å². The first-order valence-electron chi connectivity index (χ1n) is 8.31. The largest absolute Gasteiger partial charge is 0.497 e. The summed E-state index contributed by atoms with van der Waals surface area (Å²) in [5, 5.41) is 10.8. The number of carbonyl (C=O) groups is 1. The smallest absolute Gasteiger partial charge is 0.248 e. The molecular formula is C18H24N4O2. The first kappa shape index (κ1) is 16.5. The molecule has 1 aromatic heterocycles. The number of amides is 1. The van der Waals surface area contributed by atoms with E-state index in [4.69, 9.17) is 4.74 Å². The molecule has 1 aliphatic heterocycles. The van der Waals surface area contributed by atoms with Gasteiger partial charge in [-0.3, -0.25) is 9.48 Å². The number of rotatable bonds is 5. The highest BCUT2D eigenvalue weighted by atomic mass is 16.5. The average Bonchev–Trinajstić information content (AvgIpc) is 3.17. The fourth-order valence-electron chi connectivity index (χ4n) is 3.23. The molecule has 1 aliphatic rings. The standard InChI is InChI=1S/C18H24N4O2/c1-14(15-4-6-16(24-2)7-5-15)21-17(23)18(8-11-19-12-9-18)22-13-3-10-20-22/h3-7,10,13-14,19H,8-9,11-12H2,1-2H3,(H,21,23). The molecular weight excluding hydrogens is 304 g/mol. The van der Waals surface area contributed by atoms with Crippen molar-refractivity contribution in [2.75, 3.05) is 20.2 Å². The van der Waals surface area contributed by atoms with Gasteiger partial charge in [0.1, 0.15) is 11.3 Å². The number of aromatic nitrogens is 2. The second-order valence-corrected chi connectivity index (χ2v) is 6.20. The van der Waals surface area contributed by atoms with E-state index in [1.165, 1.54) is 0 Å². The Morgan fingerprint density at radius 2 is 2.04 bits per heavy atom. The predicted octanol–water partition coefficient (Wildman–Crippen LogP) is 1.85. The van der Waals surface area contributed by atoms with Crippen LogP contribution in [0.5, 0.6) is 5.75 Å². The van der Waals surface area contributed by atoms with Crippen molar-refractivity contribution in [3.8, 4) is 5.75 Å². The minimum Gasteiger partial charge on any atom is -0.497 e. The topological polar surface area (TPSA) is 68.2 Å². The van der Waals surface area contributed by atoms with Crippen LogP contribution in [0, 0.1) is 0 Å². The maximum absolute atomic E-state index is 13.1. The fraction of sp³-hybridized carbons (Fsp3) is 0.444. The van der Waals surface area contributed by atoms with Gasteiger partial charge in [0.2, 0.25) is 5.91 Å². The summed E-state index contributed by atoms with van der Waals surface area (Å²) >= 11 is 0. The van der Waals surface area contributed by atoms with Gasteiger partial charge in [-0.05, 0) is 56.6 Å². The fourth-order valence-corrected chi connectivity index (χ4v) is 3.23. The number of benzene rings is 1. The van der Waals surface area contributed by atoms with Crippen LogP contribution in [0.2, 0.25) is 0 Å². The van der Waals surface area contributed by atoms with Gasteiger partial charge >= 0.3 is 0 Å². The first-order chi connectivity index (χ1) is 11.7. The summed E-state index contributed by atoms with van der Waals surface area (Å²) < 4.78 is 6.99. The number of nitrogens with one attached hydrogen (secondary N) is 2. The SMILES string of the molecule is COc1ccc(C(C)NC(=O)C2(n3cccn3)CCNCC2)cc1. The van der Waals surface area contributed by atoms with E-state index in [1.54, 1.807) is 13.3 Å². The lowest BCUT2D eigenvalue weighted by molar-refractivity contribution is -0.132. The molecule has 1 fully saturated rings. The Morgan fingerprint density at radius 1 is 1.33 bits per heavy atom. The van der Waals surface area contributed by atoms with Gasteiger partial charge in [0.15, 0.2) is 0 Å². The molecule has 2 N–H and O–H groups in total. The van der Waals surface area contributed by atoms with Crippen molar-refractivity contribution < 1.29 is 9.53 Å². The molecule has 0 aliphatic carbocycles. The van der Waals surface area contributed by atoms with Gasteiger partial charge in [0, 0.05) is 12.4 Å². The highest BCUT2D eigenvalue weighted by Gasteiger charge is 2.42. The van der Waals surface area contributed by atoms with Gasteiger partial charge in [0.25, 0.3) is 0 Å². The summed E-state index contributed by atoms with van der Waals surface area (Å²) in [6, 6.07) is 9.56. The van der Waals surface area contributed by atoms with Crippen LogP contribution >= 0.6 is 0 Å². The van der Waals surface area contributed by atoms with Crippen LogP contribution in [0.1, 0.15) is 31.4 Å². The average molecular weight is 328 g/mol. The summed E-state index contributed by atoms with van der Waals surface area (Å²) in [4.78, 5) is 13.1. The number of nitrogens with zero attached hydrogens (tertiary/aromatic N) is 2. The molecule has 6 nitrogen and oxygen atoms in total. The van der Waals surface area contributed by atoms with Gasteiger partial charge in [-0.2, -0.15) is 5.10 Å². The number of hydrogen-bond acceptors (Lipinski definition) is 4. The van der Waals surface area contributed by atoms with E-state index in [-0.39, 0.29) is 11.9 Å². The van der Waals surface area contributed by atoms with Gasteiger partial charge in [-0.1, -0.05) is 12.1 Å². The summed E-state index contributed by atoms with van der Waals surface area (Å²) in [6.45, 7) is 3.62. The van der Waals surface area contributed by atoms with Crippen LogP contribution < -0.4 is 15.4 Å². The van der Waals surface area contributed by atoms with Crippen LogP contribution in [-0.2, 0) is 10.3 Å². The lowest BCUT2D eigenvalue weighted by Crippen LogP contribution is -2.55. The molecule has 128 valence electrons. The Bertz CT molecular complexity index is 661. The minimum atomic E-state index is -0.616. The lowest BCUT2D eigenvalue weighted by atomic mass is 9.87. The molecule has 0 radical (unpaired) electrons. The number of piperidine rings is 1. The normalized spacial score (nSPS) is 17.9. The maximum atomic E-state index is 13.1. The second kappa shape index (κ2) is 7.05. The van der Waals surface area contributed by atoms with Gasteiger partial charge in [0.05, 0.1) is 13.2 Å². The van der Waals surface area contributed by atoms with Crippen LogP contribution in [-0.4, -0.2) is 35.9 Å². The van der Waals surface area contributed by atoms with Crippen molar-refractivity contribution >= 4 is 5.91 Å². The number of carbonyl (C=O) groups excluding carboxylic acids is 1. The molecule has 0 bridgehead atoms. The van der Waals surface area contributed by atoms with Crippen molar-refractivity contribution in [2.24, 2.45) is 0 Å². The predicted molar refractivity (Wildman–Crippen MR) is 91.9 cm³/mol. The van der Waals surface area contributed by atoms with Crippen molar-refractivity contribution in [2.45, 2.75) is 31.3 Å². The Balaban J connectivity index is 1.78. The van der Waals surface area contributed by atoms with Crippen LogP contribution in [0.4, 0.5) is 0 Å². The Hall–Kier alpha value is -2.34. The zero-order valence-corrected chi connectivity index (χ0v) is 14.2. The van der Waals surface area contributed by atoms with Crippen molar-refractivity contribution in [1.29, 1.82) is 0 Å². The number of hydrogen-bond donors (Lipinski definition) is 2. The Morgan fingerprint density at radius 3 is 2.62 bits per heavy atom. The van der Waals surface area contributed by atoms with Crippen molar-refractivity contribution in [1.82, 2.24) is 20.4 Å². The summed E-state index contributed by atoms with van der Waals surface area (Å²) in [7, 11) is 1.64. The highest BCUT2D eigenvalue weighted by molar-refractivity contribution is 5.85. The number of ether oxygens (including phenoxy) is 1. The van der Waals surface area contributed by atoms with E-state index in [0.717, 1.165) is 37.2 Å². The van der Waals surface area contributed by atoms with E-state index in [1.807, 2.05) is 48.1 Å². The van der Waals surface area contributed by atoms with Crippen molar-refractivity contribution in [3.05, 3.63) is 48.3 Å². The zero-order chi connectivity index (χ0) is 17.0. The molecule has 1 amide bonds. The lowest BCUT2D eigenvalue weighted by Gasteiger charge is -2.37. The van der Waals surface area contributed by atoms with Crippen LogP contribution in [0.25, 0.3) is 0 Å². The van der Waals surface area contributed by atoms with E-state index in [2.05, 4.69) is 15.7 Å². The molecule has 1 aromatic carbocycles. The molecule has 3 rings (SSSR count). The van der Waals surface area contributed by atoms with E-state index >= 15 is 0 Å². The summed E-state index contributed by atoms with van der Waals surface area (Å²) in [6.07, 6.45) is 5.07. The summed E-state index contributed by atoms with van der Waals surface area (Å²) in [5.41, 5.74) is 0.434. The first-order valence-corrected chi connectivity index (χ1v) is 8.31. The van der Waals surface area contributed by atoms with Crippen molar-refractivity contribution in [3.63, 3.8) is 0 Å². The molecule has 2 aromatic rings. The zero-order valence-electron chi connectivity index (χ0n) is 14.2. The number of methoxy groups -OCH3 is 1. The Kier molecular flexibility index (Phi) is 4.85. The Labute approximate surface area is 142 Å². The maximum Gasteiger partial charge on any atom is 0.248 e. The quantitative estimate of drug-likeness (QED) is 0.879. The third-order valence-corrected chi connectivity index (χ3v) is 4.76. The molecule has 2 heterocycles. The van der Waals surface area contributed by atoms with Gasteiger partial charge < -0.3 is 15.4 Å². The molecule has 6 heteroatoms. The van der Waals surface area contributed by atoms with E-state index < -0.39 is 5.54 Å². The third-order valence-electron chi connectivity index (χ3n) is 4.76. The molecule has 1 unspecified atom stereocenters. The molecule has 1 saturated heterocycles. The minimum absolute atomic E-state index is 0.0241. The second-order valence-electron chi connectivity index (χ2n) is 6.20. The van der Waals surface area contributed by atoms with Gasteiger partial charge in [-0.15, -0.1) is 0 Å². The molecule has 1 atom stereocenters. The monoisotopic (exact) mass is 328 g/mol. The van der Waals surface area contributed by atoms with Crippen LogP contribution in [0.15, 0.2) is 42.7 Å². The van der Waals surface area contributed by atoms with Crippen LogP contribution in [0.3, 0.4) is 0 Å². The molecule has 0 spiro atoms. The summed E-state index contributed by atoms with van der Waals surface area (Å²) in [5.74, 6) is 0.833. The molecule has 0 saturated carbocycles. The highest BCUT2D eigenvalue weighted by Crippen LogP contribution is 2.28.